The van der Waals surface area contributed by atoms with E-state index in [1.807, 2.05) is 38.1 Å². The van der Waals surface area contributed by atoms with Gasteiger partial charge in [-0.15, -0.1) is 0 Å². The largest absolute Gasteiger partial charge is 0.349 e. The Hall–Kier alpha value is -2.08. The van der Waals surface area contributed by atoms with Gasteiger partial charge in [0, 0.05) is 30.9 Å². The first-order valence-corrected chi connectivity index (χ1v) is 9.87. The Kier molecular flexibility index (Phi) is 7.25. The van der Waals surface area contributed by atoms with Gasteiger partial charge in [0.2, 0.25) is 5.91 Å². The van der Waals surface area contributed by atoms with Crippen LogP contribution in [0.1, 0.15) is 45.6 Å². The number of nitrogens with zero attached hydrogens (tertiary/aromatic N) is 1. The molecule has 1 aliphatic rings. The minimum atomic E-state index is -0.405. The van der Waals surface area contributed by atoms with E-state index in [-0.39, 0.29) is 17.9 Å². The molecule has 150 valence electrons. The standard InChI is InChI=1S/C21H34N4O2/c1-15(2)12-21(4,14-22)24-19(26)17-8-6-10-25(13-17)20(27)23-18-9-5-7-16(3)11-18/h5,7,9,11,15,17H,6,8,10,12-14,22H2,1-4H3,(H,23,27)(H,24,26). The topological polar surface area (TPSA) is 87.5 Å². The van der Waals surface area contributed by atoms with Crippen molar-refractivity contribution in [2.24, 2.45) is 17.6 Å². The predicted molar refractivity (Wildman–Crippen MR) is 110 cm³/mol. The van der Waals surface area contributed by atoms with Crippen molar-refractivity contribution in [2.45, 2.75) is 52.5 Å². The van der Waals surface area contributed by atoms with Crippen molar-refractivity contribution in [3.8, 4) is 0 Å². The number of amides is 3. The van der Waals surface area contributed by atoms with Crippen LogP contribution in [0.5, 0.6) is 0 Å². The van der Waals surface area contributed by atoms with E-state index in [1.54, 1.807) is 4.90 Å². The van der Waals surface area contributed by atoms with Crippen LogP contribution in [0.15, 0.2) is 24.3 Å². The van der Waals surface area contributed by atoms with Gasteiger partial charge >= 0.3 is 6.03 Å². The smallest absolute Gasteiger partial charge is 0.321 e. The Labute approximate surface area is 162 Å². The highest BCUT2D eigenvalue weighted by molar-refractivity contribution is 5.90. The minimum absolute atomic E-state index is 0.00310. The van der Waals surface area contributed by atoms with Crippen molar-refractivity contribution in [3.05, 3.63) is 29.8 Å². The van der Waals surface area contributed by atoms with Gasteiger partial charge in [0.05, 0.1) is 5.92 Å². The molecule has 6 heteroatoms. The number of rotatable bonds is 6. The average molecular weight is 375 g/mol. The summed E-state index contributed by atoms with van der Waals surface area (Å²) in [6, 6.07) is 7.56. The quantitative estimate of drug-likeness (QED) is 0.715. The molecule has 2 unspecified atom stereocenters. The summed E-state index contributed by atoms with van der Waals surface area (Å²) in [7, 11) is 0. The maximum absolute atomic E-state index is 12.8. The summed E-state index contributed by atoms with van der Waals surface area (Å²) in [4.78, 5) is 27.1. The summed E-state index contributed by atoms with van der Waals surface area (Å²) in [5.74, 6) is 0.249. The normalized spacial score (nSPS) is 19.5. The second kappa shape index (κ2) is 9.22. The minimum Gasteiger partial charge on any atom is -0.349 e. The number of piperidine rings is 1. The van der Waals surface area contributed by atoms with Crippen LogP contribution >= 0.6 is 0 Å². The van der Waals surface area contributed by atoms with Gasteiger partial charge in [0.1, 0.15) is 0 Å². The van der Waals surface area contributed by atoms with Crippen molar-refractivity contribution < 1.29 is 9.59 Å². The molecule has 3 amide bonds. The molecule has 2 rings (SSSR count). The third-order valence-corrected chi connectivity index (χ3v) is 5.08. The van der Waals surface area contributed by atoms with E-state index in [0.29, 0.717) is 25.6 Å². The highest BCUT2D eigenvalue weighted by Gasteiger charge is 2.33. The second-order valence-electron chi connectivity index (χ2n) is 8.44. The van der Waals surface area contributed by atoms with Gasteiger partial charge in [-0.25, -0.2) is 4.79 Å². The van der Waals surface area contributed by atoms with Gasteiger partial charge in [0.15, 0.2) is 0 Å². The van der Waals surface area contributed by atoms with E-state index < -0.39 is 5.54 Å². The van der Waals surface area contributed by atoms with Crippen LogP contribution in [-0.2, 0) is 4.79 Å². The molecule has 27 heavy (non-hydrogen) atoms. The maximum Gasteiger partial charge on any atom is 0.321 e. The number of hydrogen-bond donors (Lipinski definition) is 3. The van der Waals surface area contributed by atoms with Crippen LogP contribution < -0.4 is 16.4 Å². The Morgan fingerprint density at radius 3 is 2.74 bits per heavy atom. The molecule has 0 aromatic heterocycles. The zero-order valence-electron chi connectivity index (χ0n) is 17.0. The van der Waals surface area contributed by atoms with E-state index in [4.69, 9.17) is 5.73 Å². The molecule has 6 nitrogen and oxygen atoms in total. The summed E-state index contributed by atoms with van der Waals surface area (Å²) in [6.07, 6.45) is 2.45. The SMILES string of the molecule is Cc1cccc(NC(=O)N2CCCC(C(=O)NC(C)(CN)CC(C)C)C2)c1. The first-order chi connectivity index (χ1) is 12.7. The monoisotopic (exact) mass is 374 g/mol. The molecule has 0 radical (unpaired) electrons. The molecule has 0 aliphatic carbocycles. The summed E-state index contributed by atoms with van der Waals surface area (Å²) in [5, 5.41) is 6.07. The lowest BCUT2D eigenvalue weighted by Crippen LogP contribution is -2.56. The van der Waals surface area contributed by atoms with Crippen molar-refractivity contribution in [3.63, 3.8) is 0 Å². The van der Waals surface area contributed by atoms with E-state index >= 15 is 0 Å². The van der Waals surface area contributed by atoms with Crippen LogP contribution in [-0.4, -0.2) is 42.0 Å². The lowest BCUT2D eigenvalue weighted by Gasteiger charge is -2.36. The van der Waals surface area contributed by atoms with E-state index in [1.165, 1.54) is 0 Å². The third kappa shape index (κ3) is 6.24. The third-order valence-electron chi connectivity index (χ3n) is 5.08. The number of nitrogens with two attached hydrogens (primary N) is 1. The molecular weight excluding hydrogens is 340 g/mol. The summed E-state index contributed by atoms with van der Waals surface area (Å²) >= 11 is 0. The van der Waals surface area contributed by atoms with Crippen LogP contribution in [0.2, 0.25) is 0 Å². The van der Waals surface area contributed by atoms with Crippen molar-refractivity contribution in [2.75, 3.05) is 25.0 Å². The number of hydrogen-bond acceptors (Lipinski definition) is 3. The number of likely N-dealkylation sites (tertiary alicyclic amines) is 1. The van der Waals surface area contributed by atoms with Crippen molar-refractivity contribution in [1.29, 1.82) is 0 Å². The fourth-order valence-corrected chi connectivity index (χ4v) is 3.79. The number of carbonyl (C=O) groups excluding carboxylic acids is 2. The van der Waals surface area contributed by atoms with E-state index in [9.17, 15) is 9.59 Å². The summed E-state index contributed by atoms with van der Waals surface area (Å²) < 4.78 is 0. The number of benzene rings is 1. The first-order valence-electron chi connectivity index (χ1n) is 9.87. The molecule has 0 bridgehead atoms. The highest BCUT2D eigenvalue weighted by atomic mass is 16.2. The van der Waals surface area contributed by atoms with Crippen LogP contribution in [0.25, 0.3) is 0 Å². The molecular formula is C21H34N4O2. The predicted octanol–water partition coefficient (Wildman–Crippen LogP) is 3.12. The number of nitrogens with one attached hydrogen (secondary N) is 2. The Bertz CT molecular complexity index is 661. The highest BCUT2D eigenvalue weighted by Crippen LogP contribution is 2.21. The molecule has 1 aromatic rings. The molecule has 2 atom stereocenters. The summed E-state index contributed by atoms with van der Waals surface area (Å²) in [5.41, 5.74) is 7.38. The number of urea groups is 1. The maximum atomic E-state index is 12.8. The van der Waals surface area contributed by atoms with Crippen LogP contribution in [0, 0.1) is 18.8 Å². The molecule has 4 N–H and O–H groups in total. The number of anilines is 1. The Balaban J connectivity index is 1.96. The van der Waals surface area contributed by atoms with Crippen molar-refractivity contribution in [1.82, 2.24) is 10.2 Å². The molecule has 1 aromatic carbocycles. The number of carbonyl (C=O) groups is 2. The van der Waals surface area contributed by atoms with Gasteiger partial charge in [-0.05, 0) is 56.7 Å². The molecule has 1 heterocycles. The summed E-state index contributed by atoms with van der Waals surface area (Å²) in [6.45, 7) is 9.74. The second-order valence-corrected chi connectivity index (χ2v) is 8.44. The lowest BCUT2D eigenvalue weighted by molar-refractivity contribution is -0.128. The number of aryl methyl sites for hydroxylation is 1. The van der Waals surface area contributed by atoms with Crippen LogP contribution in [0.4, 0.5) is 10.5 Å². The van der Waals surface area contributed by atoms with Gasteiger partial charge in [-0.1, -0.05) is 26.0 Å². The first kappa shape index (κ1) is 21.2. The lowest BCUT2D eigenvalue weighted by atomic mass is 9.89. The Morgan fingerprint density at radius 1 is 1.37 bits per heavy atom. The van der Waals surface area contributed by atoms with Gasteiger partial charge in [-0.2, -0.15) is 0 Å². The zero-order valence-corrected chi connectivity index (χ0v) is 17.0. The van der Waals surface area contributed by atoms with Gasteiger partial charge < -0.3 is 21.3 Å². The van der Waals surface area contributed by atoms with Crippen molar-refractivity contribution >= 4 is 17.6 Å². The van der Waals surface area contributed by atoms with Crippen LogP contribution in [0.3, 0.4) is 0 Å². The van der Waals surface area contributed by atoms with Gasteiger partial charge in [-0.3, -0.25) is 4.79 Å². The molecule has 1 saturated heterocycles. The molecule has 1 aliphatic heterocycles. The fraction of sp³-hybridized carbons (Fsp3) is 0.619. The molecule has 0 saturated carbocycles. The Morgan fingerprint density at radius 2 is 2.11 bits per heavy atom. The average Bonchev–Trinajstić information content (AvgIpc) is 2.61. The molecule has 1 fully saturated rings. The van der Waals surface area contributed by atoms with E-state index in [0.717, 1.165) is 30.5 Å². The van der Waals surface area contributed by atoms with Gasteiger partial charge in [0.25, 0.3) is 0 Å². The van der Waals surface area contributed by atoms with E-state index in [2.05, 4.69) is 24.5 Å². The molecule has 0 spiro atoms. The zero-order chi connectivity index (χ0) is 20.0. The fourth-order valence-electron chi connectivity index (χ4n) is 3.79.